The maximum absolute atomic E-state index is 10.3. The summed E-state index contributed by atoms with van der Waals surface area (Å²) in [6.45, 7) is 1.49. The fourth-order valence-electron chi connectivity index (χ4n) is 3.82. The van der Waals surface area contributed by atoms with Crippen LogP contribution in [0.15, 0.2) is 91.0 Å². The molecule has 1 radical (unpaired) electrons. The van der Waals surface area contributed by atoms with Crippen molar-refractivity contribution in [1.29, 1.82) is 5.26 Å². The van der Waals surface area contributed by atoms with Crippen molar-refractivity contribution in [3.63, 3.8) is 0 Å². The molecule has 3 heteroatoms. The molecule has 0 saturated heterocycles. The average molecular weight is 356 g/mol. The number of ether oxygens (including phenoxy) is 2. The SMILES string of the molecule is CO[CH]C(C#N)(OC)C(c1ccccc1)(c1ccccc1)c1ccccc1. The number of methoxy groups -OCH3 is 2. The Bertz CT molecular complexity index is 791. The highest BCUT2D eigenvalue weighted by molar-refractivity contribution is 5.57. The molecule has 0 amide bonds. The molecule has 0 heterocycles. The summed E-state index contributed by atoms with van der Waals surface area (Å²) in [4.78, 5) is 0. The summed E-state index contributed by atoms with van der Waals surface area (Å²) >= 11 is 0. The van der Waals surface area contributed by atoms with Crippen molar-refractivity contribution < 1.29 is 9.47 Å². The van der Waals surface area contributed by atoms with Crippen LogP contribution < -0.4 is 0 Å². The van der Waals surface area contributed by atoms with Crippen LogP contribution in [0.4, 0.5) is 0 Å². The van der Waals surface area contributed by atoms with E-state index in [1.807, 2.05) is 91.0 Å². The van der Waals surface area contributed by atoms with E-state index in [0.29, 0.717) is 0 Å². The normalized spacial score (nSPS) is 13.5. The van der Waals surface area contributed by atoms with E-state index in [9.17, 15) is 5.26 Å². The van der Waals surface area contributed by atoms with Crippen LogP contribution in [-0.4, -0.2) is 19.8 Å². The third-order valence-corrected chi connectivity index (χ3v) is 4.95. The van der Waals surface area contributed by atoms with Crippen LogP contribution in [0.5, 0.6) is 0 Å². The van der Waals surface area contributed by atoms with Crippen molar-refractivity contribution in [3.8, 4) is 6.07 Å². The highest BCUT2D eigenvalue weighted by Crippen LogP contribution is 2.50. The quantitative estimate of drug-likeness (QED) is 0.574. The molecule has 0 aromatic heterocycles. The molecular weight excluding hydrogens is 334 g/mol. The van der Waals surface area contributed by atoms with E-state index in [4.69, 9.17) is 9.47 Å². The Balaban J connectivity index is 2.49. The van der Waals surface area contributed by atoms with Gasteiger partial charge in [-0.1, -0.05) is 91.0 Å². The number of rotatable bonds is 7. The highest BCUT2D eigenvalue weighted by atomic mass is 16.5. The van der Waals surface area contributed by atoms with Crippen LogP contribution in [-0.2, 0) is 14.9 Å². The van der Waals surface area contributed by atoms with Gasteiger partial charge >= 0.3 is 0 Å². The number of hydrogen-bond donors (Lipinski definition) is 0. The summed E-state index contributed by atoms with van der Waals surface area (Å²) < 4.78 is 11.3. The van der Waals surface area contributed by atoms with E-state index in [1.54, 1.807) is 7.11 Å². The minimum atomic E-state index is -1.38. The lowest BCUT2D eigenvalue weighted by atomic mass is 9.59. The van der Waals surface area contributed by atoms with E-state index in [1.165, 1.54) is 13.7 Å². The van der Waals surface area contributed by atoms with Gasteiger partial charge in [0.15, 0.2) is 5.60 Å². The molecule has 0 fully saturated rings. The molecule has 0 saturated carbocycles. The van der Waals surface area contributed by atoms with E-state index in [2.05, 4.69) is 6.07 Å². The Morgan fingerprint density at radius 3 is 1.33 bits per heavy atom. The summed E-state index contributed by atoms with van der Waals surface area (Å²) in [5.41, 5.74) is 0.527. The number of hydrogen-bond acceptors (Lipinski definition) is 3. The van der Waals surface area contributed by atoms with E-state index in [-0.39, 0.29) is 0 Å². The minimum absolute atomic E-state index is 0.920. The van der Waals surface area contributed by atoms with Crippen molar-refractivity contribution >= 4 is 0 Å². The molecule has 0 aliphatic carbocycles. The first-order chi connectivity index (χ1) is 13.2. The summed E-state index contributed by atoms with van der Waals surface area (Å²) in [5, 5.41) is 10.3. The topological polar surface area (TPSA) is 42.2 Å². The van der Waals surface area contributed by atoms with Crippen LogP contribution in [0.3, 0.4) is 0 Å². The van der Waals surface area contributed by atoms with Crippen molar-refractivity contribution in [3.05, 3.63) is 114 Å². The fourth-order valence-corrected chi connectivity index (χ4v) is 3.82. The van der Waals surface area contributed by atoms with Gasteiger partial charge in [0.2, 0.25) is 0 Å². The molecule has 3 aromatic rings. The standard InChI is InChI=1S/C24H22NO2/c1-26-19-23(18-25,27-2)24(20-12-6-3-7-13-20,21-14-8-4-9-15-21)22-16-10-5-11-17-22/h3-17,19H,1-2H3. The van der Waals surface area contributed by atoms with Crippen LogP contribution >= 0.6 is 0 Å². The molecule has 135 valence electrons. The molecule has 27 heavy (non-hydrogen) atoms. The molecular formula is C24H22NO2. The molecule has 1 unspecified atom stereocenters. The maximum Gasteiger partial charge on any atom is 0.200 e. The van der Waals surface area contributed by atoms with Gasteiger partial charge in [0.25, 0.3) is 0 Å². The second-order valence-electron chi connectivity index (χ2n) is 6.25. The Morgan fingerprint density at radius 1 is 0.704 bits per heavy atom. The van der Waals surface area contributed by atoms with Gasteiger partial charge < -0.3 is 9.47 Å². The molecule has 1 atom stereocenters. The lowest BCUT2D eigenvalue weighted by Crippen LogP contribution is -2.54. The lowest BCUT2D eigenvalue weighted by molar-refractivity contribution is -0.0181. The second kappa shape index (κ2) is 8.18. The third-order valence-electron chi connectivity index (χ3n) is 4.95. The van der Waals surface area contributed by atoms with Gasteiger partial charge in [-0.2, -0.15) is 5.26 Å². The van der Waals surface area contributed by atoms with Gasteiger partial charge in [0.05, 0.1) is 5.41 Å². The molecule has 0 bridgehead atoms. The Hall–Kier alpha value is -2.93. The van der Waals surface area contributed by atoms with Gasteiger partial charge in [0, 0.05) is 14.2 Å². The zero-order chi connectivity index (χ0) is 19.2. The molecule has 0 aliphatic heterocycles. The van der Waals surface area contributed by atoms with E-state index < -0.39 is 11.0 Å². The molecule has 0 aliphatic rings. The lowest BCUT2D eigenvalue weighted by Gasteiger charge is -2.46. The monoisotopic (exact) mass is 356 g/mol. The maximum atomic E-state index is 10.3. The zero-order valence-electron chi connectivity index (χ0n) is 15.5. The summed E-state index contributed by atoms with van der Waals surface area (Å²) in [7, 11) is 3.08. The van der Waals surface area contributed by atoms with E-state index in [0.717, 1.165) is 16.7 Å². The van der Waals surface area contributed by atoms with Gasteiger partial charge in [-0.15, -0.1) is 0 Å². The first kappa shape index (κ1) is 18.8. The smallest absolute Gasteiger partial charge is 0.200 e. The van der Waals surface area contributed by atoms with Crippen molar-refractivity contribution in [2.75, 3.05) is 14.2 Å². The molecule has 0 spiro atoms. The van der Waals surface area contributed by atoms with Crippen molar-refractivity contribution in [2.24, 2.45) is 0 Å². The third kappa shape index (κ3) is 3.04. The van der Waals surface area contributed by atoms with Crippen LogP contribution in [0.25, 0.3) is 0 Å². The molecule has 3 rings (SSSR count). The minimum Gasteiger partial charge on any atom is -0.374 e. The van der Waals surface area contributed by atoms with Gasteiger partial charge in [0.1, 0.15) is 12.7 Å². The van der Waals surface area contributed by atoms with Crippen LogP contribution in [0.1, 0.15) is 16.7 Å². The van der Waals surface area contributed by atoms with Gasteiger partial charge in [-0.05, 0) is 16.7 Å². The van der Waals surface area contributed by atoms with Gasteiger partial charge in [-0.3, -0.25) is 0 Å². The largest absolute Gasteiger partial charge is 0.374 e. The van der Waals surface area contributed by atoms with Crippen molar-refractivity contribution in [1.82, 2.24) is 0 Å². The first-order valence-electron chi connectivity index (χ1n) is 8.75. The summed E-state index contributed by atoms with van der Waals surface area (Å²) in [5.74, 6) is 0. The highest BCUT2D eigenvalue weighted by Gasteiger charge is 2.56. The van der Waals surface area contributed by atoms with Crippen LogP contribution in [0.2, 0.25) is 0 Å². The Kier molecular flexibility index (Phi) is 5.71. The Labute approximate surface area is 160 Å². The number of nitrogens with zero attached hydrogens (tertiary/aromatic N) is 1. The molecule has 3 aromatic carbocycles. The van der Waals surface area contributed by atoms with Crippen LogP contribution in [0, 0.1) is 17.9 Å². The van der Waals surface area contributed by atoms with Crippen molar-refractivity contribution in [2.45, 2.75) is 11.0 Å². The average Bonchev–Trinajstić information content (AvgIpc) is 2.76. The predicted molar refractivity (Wildman–Crippen MR) is 106 cm³/mol. The second-order valence-corrected chi connectivity index (χ2v) is 6.25. The summed E-state index contributed by atoms with van der Waals surface area (Å²) in [6.07, 6.45) is 0. The van der Waals surface area contributed by atoms with E-state index >= 15 is 0 Å². The first-order valence-corrected chi connectivity index (χ1v) is 8.75. The van der Waals surface area contributed by atoms with Gasteiger partial charge in [-0.25, -0.2) is 0 Å². The number of benzene rings is 3. The predicted octanol–water partition coefficient (Wildman–Crippen LogP) is 4.74. The fraction of sp³-hybridized carbons (Fsp3) is 0.167. The Morgan fingerprint density at radius 2 is 1.07 bits per heavy atom. The molecule has 0 N–H and O–H groups in total. The molecule has 3 nitrogen and oxygen atoms in total. The summed E-state index contributed by atoms with van der Waals surface area (Å²) in [6, 6.07) is 32.3. The number of nitriles is 1. The zero-order valence-corrected chi connectivity index (χ0v) is 15.5.